The topological polar surface area (TPSA) is 33.1 Å². The summed E-state index contributed by atoms with van der Waals surface area (Å²) in [6, 6.07) is 2.01. The van der Waals surface area contributed by atoms with Crippen LogP contribution in [-0.4, -0.2) is 21.6 Å². The van der Waals surface area contributed by atoms with Gasteiger partial charge >= 0.3 is 6.18 Å². The molecule has 1 heterocycles. The van der Waals surface area contributed by atoms with Gasteiger partial charge < -0.3 is 5.11 Å². The molecule has 1 N–H and O–H groups in total. The van der Waals surface area contributed by atoms with Crippen LogP contribution in [0.5, 0.6) is 0 Å². The molecule has 1 atom stereocenters. The van der Waals surface area contributed by atoms with Crippen molar-refractivity contribution >= 4 is 23.4 Å². The summed E-state index contributed by atoms with van der Waals surface area (Å²) in [6.45, 7) is 1.99. The normalized spacial score (nSPS) is 13.7. The van der Waals surface area contributed by atoms with Gasteiger partial charge in [-0.15, -0.1) is 0 Å². The molecule has 102 valence electrons. The first kappa shape index (κ1) is 15.6. The van der Waals surface area contributed by atoms with Crippen molar-refractivity contribution in [2.75, 3.05) is 11.5 Å². The van der Waals surface area contributed by atoms with E-state index in [1.54, 1.807) is 11.8 Å². The van der Waals surface area contributed by atoms with E-state index in [1.807, 2.05) is 6.92 Å². The Labute approximate surface area is 113 Å². The summed E-state index contributed by atoms with van der Waals surface area (Å²) in [5.74, 6) is 1.64. The van der Waals surface area contributed by atoms with Gasteiger partial charge in [-0.05, 0) is 24.0 Å². The zero-order valence-corrected chi connectivity index (χ0v) is 11.2. The lowest BCUT2D eigenvalue weighted by Crippen LogP contribution is -2.10. The molecule has 0 aliphatic heterocycles. The molecule has 0 bridgehead atoms. The van der Waals surface area contributed by atoms with Crippen LogP contribution in [0.3, 0.4) is 0 Å². The molecule has 1 unspecified atom stereocenters. The van der Waals surface area contributed by atoms with Gasteiger partial charge in [-0.1, -0.05) is 24.6 Å². The van der Waals surface area contributed by atoms with Crippen LogP contribution in [0.15, 0.2) is 12.1 Å². The fourth-order valence-corrected chi connectivity index (χ4v) is 2.30. The Bertz CT molecular complexity index is 400. The Morgan fingerprint density at radius 2 is 2.11 bits per heavy atom. The van der Waals surface area contributed by atoms with Gasteiger partial charge in [0, 0.05) is 5.56 Å². The summed E-state index contributed by atoms with van der Waals surface area (Å²) in [7, 11) is 0. The van der Waals surface area contributed by atoms with E-state index in [1.165, 1.54) is 6.07 Å². The molecule has 0 saturated heterocycles. The molecule has 0 aliphatic rings. The molecule has 0 fully saturated rings. The molecular weight excluding hydrogens is 287 g/mol. The molecular formula is C11H13ClF3NOS. The number of hydrogen-bond acceptors (Lipinski definition) is 3. The Kier molecular flexibility index (Phi) is 5.75. The Morgan fingerprint density at radius 1 is 1.44 bits per heavy atom. The van der Waals surface area contributed by atoms with Crippen molar-refractivity contribution < 1.29 is 18.3 Å². The van der Waals surface area contributed by atoms with E-state index < -0.39 is 18.0 Å². The summed E-state index contributed by atoms with van der Waals surface area (Å²) in [5, 5.41) is 9.51. The minimum Gasteiger partial charge on any atom is -0.388 e. The molecule has 0 saturated carbocycles. The predicted molar refractivity (Wildman–Crippen MR) is 66.8 cm³/mol. The summed E-state index contributed by atoms with van der Waals surface area (Å²) < 4.78 is 37.1. The Hall–Kier alpha value is -0.460. The van der Waals surface area contributed by atoms with Gasteiger partial charge in [0.05, 0.1) is 6.10 Å². The smallest absolute Gasteiger partial charge is 0.388 e. The maximum Gasteiger partial charge on any atom is 0.433 e. The number of alkyl halides is 3. The maximum absolute atomic E-state index is 12.4. The number of aliphatic hydroxyl groups is 1. The first-order valence-electron chi connectivity index (χ1n) is 5.35. The minimum atomic E-state index is -4.52. The summed E-state index contributed by atoms with van der Waals surface area (Å²) >= 11 is 7.31. The zero-order chi connectivity index (χ0) is 13.8. The largest absolute Gasteiger partial charge is 0.433 e. The lowest BCUT2D eigenvalue weighted by molar-refractivity contribution is -0.141. The standard InChI is InChI=1S/C11H13ClF3NOS/c1-2-18-6-5-8(17)7-3-4-9(11(13,14)15)16-10(7)12/h3-4,8,17H,2,5-6H2,1H3. The van der Waals surface area contributed by atoms with Crippen LogP contribution < -0.4 is 0 Å². The van der Waals surface area contributed by atoms with Crippen molar-refractivity contribution in [3.8, 4) is 0 Å². The Morgan fingerprint density at radius 3 is 2.61 bits per heavy atom. The van der Waals surface area contributed by atoms with Crippen molar-refractivity contribution in [1.82, 2.24) is 4.98 Å². The molecule has 7 heteroatoms. The fourth-order valence-electron chi connectivity index (χ4n) is 1.35. The second kappa shape index (κ2) is 6.63. The van der Waals surface area contributed by atoms with Crippen LogP contribution in [0, 0.1) is 0 Å². The van der Waals surface area contributed by atoms with Gasteiger partial charge in [-0.25, -0.2) is 4.98 Å². The molecule has 2 nitrogen and oxygen atoms in total. The van der Waals surface area contributed by atoms with Gasteiger partial charge in [0.15, 0.2) is 0 Å². The molecule has 1 rings (SSSR count). The minimum absolute atomic E-state index is 0.237. The predicted octanol–water partition coefficient (Wildman–Crippen LogP) is 3.93. The average Bonchev–Trinajstić information content (AvgIpc) is 2.27. The maximum atomic E-state index is 12.4. The number of aromatic nitrogens is 1. The van der Waals surface area contributed by atoms with Crippen molar-refractivity contribution in [3.63, 3.8) is 0 Å². The number of halogens is 4. The van der Waals surface area contributed by atoms with Gasteiger partial charge in [0.25, 0.3) is 0 Å². The molecule has 18 heavy (non-hydrogen) atoms. The highest BCUT2D eigenvalue weighted by Crippen LogP contribution is 2.31. The van der Waals surface area contributed by atoms with Crippen molar-refractivity contribution in [2.24, 2.45) is 0 Å². The van der Waals surface area contributed by atoms with Crippen LogP contribution in [0.1, 0.15) is 30.7 Å². The van der Waals surface area contributed by atoms with E-state index in [0.29, 0.717) is 6.42 Å². The highest BCUT2D eigenvalue weighted by molar-refractivity contribution is 7.99. The van der Waals surface area contributed by atoms with Crippen LogP contribution in [0.4, 0.5) is 13.2 Å². The van der Waals surface area contributed by atoms with Crippen LogP contribution in [-0.2, 0) is 6.18 Å². The lowest BCUT2D eigenvalue weighted by atomic mass is 10.1. The van der Waals surface area contributed by atoms with Crippen molar-refractivity contribution in [2.45, 2.75) is 25.6 Å². The first-order chi connectivity index (χ1) is 8.36. The van der Waals surface area contributed by atoms with Crippen LogP contribution >= 0.6 is 23.4 Å². The second-order valence-electron chi connectivity index (χ2n) is 3.58. The Balaban J connectivity index is 2.79. The third-order valence-electron chi connectivity index (χ3n) is 2.27. The molecule has 1 aromatic rings. The highest BCUT2D eigenvalue weighted by atomic mass is 35.5. The quantitative estimate of drug-likeness (QED) is 0.660. The molecule has 0 aliphatic carbocycles. The van der Waals surface area contributed by atoms with E-state index in [0.717, 1.165) is 17.6 Å². The average molecular weight is 300 g/mol. The number of pyridine rings is 1. The second-order valence-corrected chi connectivity index (χ2v) is 5.33. The van der Waals surface area contributed by atoms with Crippen LogP contribution in [0.25, 0.3) is 0 Å². The van der Waals surface area contributed by atoms with E-state index in [-0.39, 0.29) is 10.7 Å². The van der Waals surface area contributed by atoms with E-state index in [9.17, 15) is 18.3 Å². The van der Waals surface area contributed by atoms with Crippen molar-refractivity contribution in [3.05, 3.63) is 28.5 Å². The van der Waals surface area contributed by atoms with Gasteiger partial charge in [-0.3, -0.25) is 0 Å². The third kappa shape index (κ3) is 4.33. The summed E-state index contributed by atoms with van der Waals surface area (Å²) in [6.07, 6.45) is -4.97. The lowest BCUT2D eigenvalue weighted by Gasteiger charge is -2.13. The SMILES string of the molecule is CCSCCC(O)c1ccc(C(F)(F)F)nc1Cl. The van der Waals surface area contributed by atoms with E-state index in [2.05, 4.69) is 4.98 Å². The van der Waals surface area contributed by atoms with Crippen LogP contribution in [0.2, 0.25) is 5.15 Å². The molecule has 1 aromatic heterocycles. The molecule has 0 radical (unpaired) electrons. The highest BCUT2D eigenvalue weighted by Gasteiger charge is 2.33. The number of nitrogens with zero attached hydrogens (tertiary/aromatic N) is 1. The number of rotatable bonds is 5. The fraction of sp³-hybridized carbons (Fsp3) is 0.545. The number of hydrogen-bond donors (Lipinski definition) is 1. The number of aliphatic hydroxyl groups excluding tert-OH is 1. The summed E-state index contributed by atoms with van der Waals surface area (Å²) in [5.41, 5.74) is -0.812. The number of thioether (sulfide) groups is 1. The zero-order valence-electron chi connectivity index (χ0n) is 9.67. The van der Waals surface area contributed by atoms with Gasteiger partial charge in [0.1, 0.15) is 10.8 Å². The van der Waals surface area contributed by atoms with E-state index in [4.69, 9.17) is 11.6 Å². The van der Waals surface area contributed by atoms with Gasteiger partial charge in [0.2, 0.25) is 0 Å². The van der Waals surface area contributed by atoms with E-state index >= 15 is 0 Å². The van der Waals surface area contributed by atoms with Crippen molar-refractivity contribution in [1.29, 1.82) is 0 Å². The molecule has 0 spiro atoms. The molecule has 0 amide bonds. The summed E-state index contributed by atoms with van der Waals surface area (Å²) in [4.78, 5) is 3.27. The third-order valence-corrected chi connectivity index (χ3v) is 3.50. The van der Waals surface area contributed by atoms with Gasteiger partial charge in [-0.2, -0.15) is 24.9 Å². The first-order valence-corrected chi connectivity index (χ1v) is 6.89. The monoisotopic (exact) mass is 299 g/mol. The molecule has 0 aromatic carbocycles.